The fraction of sp³-hybridized carbons (Fsp3) is 0.344. The highest BCUT2D eigenvalue weighted by atomic mass is 35.5. The number of hydrogen-bond acceptors (Lipinski definition) is 7. The Labute approximate surface area is 251 Å². The first-order valence-electron chi connectivity index (χ1n) is 14.3. The molecule has 1 amide bonds. The van der Waals surface area contributed by atoms with Crippen LogP contribution < -0.4 is 21.0 Å². The van der Waals surface area contributed by atoms with Gasteiger partial charge < -0.3 is 20.9 Å². The molecular formula is C32H37ClFN7O. The molecule has 1 aliphatic heterocycles. The van der Waals surface area contributed by atoms with Crippen LogP contribution in [0.5, 0.6) is 0 Å². The molecule has 2 aliphatic rings. The Morgan fingerprint density at radius 1 is 1.12 bits per heavy atom. The number of fused-ring (bicyclic) bond motifs is 1. The summed E-state index contributed by atoms with van der Waals surface area (Å²) in [5.74, 6) is 0.120. The number of nitrogens with one attached hydrogen (secondary N) is 1. The first-order chi connectivity index (χ1) is 20.3. The fourth-order valence-electron chi connectivity index (χ4n) is 5.35. The van der Waals surface area contributed by atoms with Gasteiger partial charge >= 0.3 is 0 Å². The number of amides is 1. The van der Waals surface area contributed by atoms with E-state index in [0.717, 1.165) is 85.2 Å². The van der Waals surface area contributed by atoms with Crippen molar-refractivity contribution in [1.82, 2.24) is 9.88 Å². The van der Waals surface area contributed by atoms with Gasteiger partial charge in [-0.1, -0.05) is 24.6 Å². The molecule has 2 aromatic carbocycles. The zero-order chi connectivity index (χ0) is 29.8. The van der Waals surface area contributed by atoms with Crippen molar-refractivity contribution in [3.63, 3.8) is 0 Å². The molecule has 1 saturated heterocycles. The Hall–Kier alpha value is -3.79. The highest BCUT2D eigenvalue weighted by molar-refractivity contribution is 6.34. The Morgan fingerprint density at radius 2 is 1.86 bits per heavy atom. The van der Waals surface area contributed by atoms with Crippen LogP contribution in [-0.4, -0.2) is 60.8 Å². The highest BCUT2D eigenvalue weighted by Gasteiger charge is 2.25. The number of nitrogens with two attached hydrogens (primary N) is 1. The molecule has 8 nitrogen and oxygen atoms in total. The van der Waals surface area contributed by atoms with E-state index >= 15 is 0 Å². The van der Waals surface area contributed by atoms with Crippen LogP contribution in [0.15, 0.2) is 65.4 Å². The Balaban J connectivity index is 1.45. The Morgan fingerprint density at radius 3 is 2.55 bits per heavy atom. The second kappa shape index (κ2) is 13.0. The molecule has 1 aromatic heterocycles. The van der Waals surface area contributed by atoms with E-state index in [9.17, 15) is 9.18 Å². The average molecular weight is 590 g/mol. The summed E-state index contributed by atoms with van der Waals surface area (Å²) in [6.07, 6.45) is 3.26. The summed E-state index contributed by atoms with van der Waals surface area (Å²) < 4.78 is 13.8. The number of anilines is 3. The Kier molecular flexibility index (Phi) is 9.21. The SMILES string of the molecule is CCN1CCN(c2cc(C(=O)Nc3ccc4c(c3)C(N(/N=C(\C)CN)c3ccc(F)cc3)=C(C)CC4)c(Cl)cn2)CC1. The molecule has 3 aromatic rings. The largest absolute Gasteiger partial charge is 0.354 e. The number of hydrogen-bond donors (Lipinski definition) is 2. The number of aromatic nitrogens is 1. The number of carbonyl (C=O) groups is 1. The van der Waals surface area contributed by atoms with Gasteiger partial charge in [-0.05, 0) is 86.8 Å². The third kappa shape index (κ3) is 6.48. The molecule has 0 unspecified atom stereocenters. The standard InChI is InChI=1S/C32H37ClFN7O/c1-4-39-13-15-40(16-14-39)30-18-28(29(33)20-36-30)32(42)37-25-10-7-23-6-5-21(2)31(27(23)17-25)41(38-22(3)19-35)26-11-8-24(34)9-12-26/h7-12,17-18,20H,4-6,13-16,19,35H2,1-3H3,(H,37,42)/b38-22+. The van der Waals surface area contributed by atoms with Crippen LogP contribution >= 0.6 is 11.6 Å². The zero-order valence-corrected chi connectivity index (χ0v) is 25.1. The molecule has 2 heterocycles. The van der Waals surface area contributed by atoms with Gasteiger partial charge in [0.15, 0.2) is 0 Å². The van der Waals surface area contributed by atoms with Crippen molar-refractivity contribution in [2.75, 3.05) is 54.5 Å². The maximum absolute atomic E-state index is 13.8. The number of allylic oxidation sites excluding steroid dienone is 1. The molecular weight excluding hydrogens is 553 g/mol. The number of carbonyl (C=O) groups excluding carboxylic acids is 1. The highest BCUT2D eigenvalue weighted by Crippen LogP contribution is 2.38. The monoisotopic (exact) mass is 589 g/mol. The second-order valence-electron chi connectivity index (χ2n) is 10.7. The minimum absolute atomic E-state index is 0.288. The fourth-order valence-corrected chi connectivity index (χ4v) is 5.54. The van der Waals surface area contributed by atoms with Gasteiger partial charge in [0.25, 0.3) is 5.91 Å². The maximum Gasteiger partial charge on any atom is 0.257 e. The summed E-state index contributed by atoms with van der Waals surface area (Å²) >= 11 is 6.47. The summed E-state index contributed by atoms with van der Waals surface area (Å²) in [4.78, 5) is 22.6. The van der Waals surface area contributed by atoms with E-state index in [-0.39, 0.29) is 18.3 Å². The van der Waals surface area contributed by atoms with Gasteiger partial charge in [0.05, 0.1) is 22.0 Å². The van der Waals surface area contributed by atoms with E-state index in [4.69, 9.17) is 22.4 Å². The van der Waals surface area contributed by atoms with E-state index in [0.29, 0.717) is 16.3 Å². The molecule has 0 atom stereocenters. The summed E-state index contributed by atoms with van der Waals surface area (Å²) in [5, 5.41) is 9.97. The van der Waals surface area contributed by atoms with Crippen molar-refractivity contribution in [2.24, 2.45) is 10.8 Å². The lowest BCUT2D eigenvalue weighted by Gasteiger charge is -2.34. The molecule has 1 fully saturated rings. The van der Waals surface area contributed by atoms with Crippen LogP contribution in [0.25, 0.3) is 5.70 Å². The number of piperazine rings is 1. The summed E-state index contributed by atoms with van der Waals surface area (Å²) in [6.45, 7) is 11.0. The van der Waals surface area contributed by atoms with Gasteiger partial charge in [-0.2, -0.15) is 5.10 Å². The van der Waals surface area contributed by atoms with E-state index in [1.54, 1.807) is 24.4 Å². The van der Waals surface area contributed by atoms with E-state index in [1.807, 2.05) is 30.1 Å². The lowest BCUT2D eigenvalue weighted by atomic mass is 9.89. The summed E-state index contributed by atoms with van der Waals surface area (Å²) in [5.41, 5.74) is 12.5. The average Bonchev–Trinajstić information content (AvgIpc) is 3.00. The first-order valence-corrected chi connectivity index (χ1v) is 14.7. The topological polar surface area (TPSA) is 90.1 Å². The number of halogens is 2. The van der Waals surface area contributed by atoms with Gasteiger partial charge in [-0.25, -0.2) is 14.4 Å². The van der Waals surface area contributed by atoms with Gasteiger partial charge in [-0.15, -0.1) is 0 Å². The lowest BCUT2D eigenvalue weighted by molar-refractivity contribution is 0.102. The molecule has 10 heteroatoms. The minimum Gasteiger partial charge on any atom is -0.354 e. The number of likely N-dealkylation sites (N-methyl/N-ethyl adjacent to an activating group) is 1. The normalized spacial score (nSPS) is 16.0. The minimum atomic E-state index is -0.320. The van der Waals surface area contributed by atoms with Crippen LogP contribution in [-0.2, 0) is 6.42 Å². The Bertz CT molecular complexity index is 1510. The summed E-state index contributed by atoms with van der Waals surface area (Å²) in [6, 6.07) is 13.9. The number of rotatable bonds is 8. The first kappa shape index (κ1) is 29.7. The quantitative estimate of drug-likeness (QED) is 0.255. The van der Waals surface area contributed by atoms with Crippen LogP contribution in [0, 0.1) is 5.82 Å². The maximum atomic E-state index is 13.8. The smallest absolute Gasteiger partial charge is 0.257 e. The summed E-state index contributed by atoms with van der Waals surface area (Å²) in [7, 11) is 0. The van der Waals surface area contributed by atoms with Crippen molar-refractivity contribution in [3.05, 3.63) is 87.8 Å². The van der Waals surface area contributed by atoms with Gasteiger partial charge in [-0.3, -0.25) is 4.79 Å². The van der Waals surface area contributed by atoms with Crippen LogP contribution in [0.1, 0.15) is 48.7 Å². The molecule has 0 saturated carbocycles. The molecule has 42 heavy (non-hydrogen) atoms. The molecule has 0 bridgehead atoms. The third-order valence-corrected chi connectivity index (χ3v) is 8.18. The molecule has 0 radical (unpaired) electrons. The molecule has 5 rings (SSSR count). The number of benzene rings is 2. The van der Waals surface area contributed by atoms with Gasteiger partial charge in [0.2, 0.25) is 0 Å². The van der Waals surface area contributed by atoms with Crippen molar-refractivity contribution in [3.8, 4) is 0 Å². The predicted molar refractivity (Wildman–Crippen MR) is 170 cm³/mol. The van der Waals surface area contributed by atoms with Crippen molar-refractivity contribution < 1.29 is 9.18 Å². The van der Waals surface area contributed by atoms with E-state index in [2.05, 4.69) is 33.9 Å². The molecule has 1 aliphatic carbocycles. The zero-order valence-electron chi connectivity index (χ0n) is 24.3. The molecule has 3 N–H and O–H groups in total. The predicted octanol–water partition coefficient (Wildman–Crippen LogP) is 5.79. The second-order valence-corrected chi connectivity index (χ2v) is 11.1. The van der Waals surface area contributed by atoms with Crippen LogP contribution in [0.2, 0.25) is 5.02 Å². The lowest BCUT2D eigenvalue weighted by Crippen LogP contribution is -2.46. The number of aryl methyl sites for hydroxylation is 1. The number of pyridine rings is 1. The van der Waals surface area contributed by atoms with Crippen LogP contribution in [0.3, 0.4) is 0 Å². The number of nitrogens with zero attached hydrogens (tertiary/aromatic N) is 5. The van der Waals surface area contributed by atoms with Crippen molar-refractivity contribution in [2.45, 2.75) is 33.6 Å². The molecule has 220 valence electrons. The van der Waals surface area contributed by atoms with Gasteiger partial charge in [0, 0.05) is 55.9 Å². The number of hydrazone groups is 1. The van der Waals surface area contributed by atoms with E-state index < -0.39 is 0 Å². The molecule has 0 spiro atoms. The van der Waals surface area contributed by atoms with Crippen LogP contribution in [0.4, 0.5) is 21.6 Å². The third-order valence-electron chi connectivity index (χ3n) is 7.87. The van der Waals surface area contributed by atoms with Crippen molar-refractivity contribution >= 4 is 46.1 Å². The van der Waals surface area contributed by atoms with Gasteiger partial charge in [0.1, 0.15) is 11.6 Å². The van der Waals surface area contributed by atoms with E-state index in [1.165, 1.54) is 12.1 Å². The van der Waals surface area contributed by atoms with Crippen molar-refractivity contribution in [1.29, 1.82) is 0 Å².